The monoisotopic (exact) mass is 537 g/mol. The lowest BCUT2D eigenvalue weighted by Crippen LogP contribution is -2.45. The summed E-state index contributed by atoms with van der Waals surface area (Å²) >= 11 is 0. The number of alkyl halides is 3. The molecule has 2 aliphatic rings. The molecule has 1 unspecified atom stereocenters. The summed E-state index contributed by atoms with van der Waals surface area (Å²) in [6.07, 6.45) is 1.02. The standard InChI is InChI=1S/C30H34F3N5O/c1-21-18-38(27-16-34-20-35-17-27)19-25-15-24(3-4-28(21)25)29(39)14-23-11-22(12-26(13-23)30(31,32)33)5-6-37-9-7-36(2)8-10-37/h3-4,11-13,15-17,20-21H,5-10,14,18-19H2,1-2H3. The van der Waals surface area contributed by atoms with E-state index in [4.69, 9.17) is 0 Å². The van der Waals surface area contributed by atoms with Crippen molar-refractivity contribution in [3.63, 3.8) is 0 Å². The largest absolute Gasteiger partial charge is 0.416 e. The molecule has 3 aromatic rings. The summed E-state index contributed by atoms with van der Waals surface area (Å²) in [5.74, 6) is 0.0689. The highest BCUT2D eigenvalue weighted by atomic mass is 19.4. The number of anilines is 1. The van der Waals surface area contributed by atoms with E-state index in [1.165, 1.54) is 18.0 Å². The summed E-state index contributed by atoms with van der Waals surface area (Å²) < 4.78 is 41.2. The van der Waals surface area contributed by atoms with Crippen LogP contribution < -0.4 is 4.90 Å². The van der Waals surface area contributed by atoms with E-state index < -0.39 is 11.7 Å². The Labute approximate surface area is 227 Å². The molecule has 0 N–H and O–H groups in total. The highest BCUT2D eigenvalue weighted by Crippen LogP contribution is 2.33. The first-order valence-corrected chi connectivity index (χ1v) is 13.4. The molecule has 6 nitrogen and oxygen atoms in total. The van der Waals surface area contributed by atoms with Crippen LogP contribution in [0.1, 0.15) is 51.0 Å². The summed E-state index contributed by atoms with van der Waals surface area (Å²) in [5.41, 5.74) is 3.98. The van der Waals surface area contributed by atoms with Crippen molar-refractivity contribution >= 4 is 11.5 Å². The van der Waals surface area contributed by atoms with Gasteiger partial charge >= 0.3 is 6.18 Å². The molecule has 1 aromatic heterocycles. The molecule has 0 bridgehead atoms. The fourth-order valence-electron chi connectivity index (χ4n) is 5.57. The molecule has 2 aliphatic heterocycles. The van der Waals surface area contributed by atoms with Gasteiger partial charge in [0, 0.05) is 57.8 Å². The third-order valence-corrected chi connectivity index (χ3v) is 7.82. The Hall–Kier alpha value is -3.30. The molecular formula is C30H34F3N5O. The number of hydrogen-bond donors (Lipinski definition) is 0. The summed E-state index contributed by atoms with van der Waals surface area (Å²) in [6.45, 7) is 8.01. The summed E-state index contributed by atoms with van der Waals surface area (Å²) in [6, 6.07) is 9.80. The van der Waals surface area contributed by atoms with Gasteiger partial charge in [-0.2, -0.15) is 13.2 Å². The number of ketones is 1. The predicted octanol–water partition coefficient (Wildman–Crippen LogP) is 4.83. The molecule has 0 radical (unpaired) electrons. The summed E-state index contributed by atoms with van der Waals surface area (Å²) in [7, 11) is 2.07. The first-order valence-electron chi connectivity index (χ1n) is 13.4. The average molecular weight is 538 g/mol. The van der Waals surface area contributed by atoms with Gasteiger partial charge in [-0.3, -0.25) is 4.79 Å². The lowest BCUT2D eigenvalue weighted by molar-refractivity contribution is -0.137. The van der Waals surface area contributed by atoms with Crippen LogP contribution in [0.4, 0.5) is 18.9 Å². The molecule has 1 atom stereocenters. The number of nitrogens with zero attached hydrogens (tertiary/aromatic N) is 5. The van der Waals surface area contributed by atoms with E-state index >= 15 is 0 Å². The van der Waals surface area contributed by atoms with Gasteiger partial charge in [0.2, 0.25) is 0 Å². The second-order valence-corrected chi connectivity index (χ2v) is 10.8. The molecule has 2 aromatic carbocycles. The van der Waals surface area contributed by atoms with Gasteiger partial charge in [-0.1, -0.05) is 25.1 Å². The molecule has 0 amide bonds. The molecule has 9 heteroatoms. The number of carbonyl (C=O) groups excluding carboxylic acids is 1. The van der Waals surface area contributed by atoms with Crippen molar-refractivity contribution < 1.29 is 18.0 Å². The Kier molecular flexibility index (Phi) is 8.00. The van der Waals surface area contributed by atoms with E-state index in [0.717, 1.165) is 50.0 Å². The molecule has 0 saturated carbocycles. The Morgan fingerprint density at radius 3 is 2.44 bits per heavy atom. The number of rotatable bonds is 7. The number of likely N-dealkylation sites (N-methyl/N-ethyl adjacent to an activating group) is 1. The van der Waals surface area contributed by atoms with Gasteiger partial charge in [-0.05, 0) is 59.8 Å². The van der Waals surface area contributed by atoms with Crippen molar-refractivity contribution in [2.45, 2.75) is 38.4 Å². The van der Waals surface area contributed by atoms with Crippen LogP contribution in [0.2, 0.25) is 0 Å². The van der Waals surface area contributed by atoms with Crippen molar-refractivity contribution in [1.29, 1.82) is 0 Å². The van der Waals surface area contributed by atoms with Crippen LogP contribution >= 0.6 is 0 Å². The number of fused-ring (bicyclic) bond motifs is 1. The second-order valence-electron chi connectivity index (χ2n) is 10.8. The van der Waals surface area contributed by atoms with Crippen LogP contribution in [-0.4, -0.2) is 71.9 Å². The molecule has 5 rings (SSSR count). The fraction of sp³-hybridized carbons (Fsp3) is 0.433. The lowest BCUT2D eigenvalue weighted by Gasteiger charge is -2.34. The Morgan fingerprint density at radius 2 is 1.72 bits per heavy atom. The number of aromatic nitrogens is 2. The zero-order valence-electron chi connectivity index (χ0n) is 22.4. The van der Waals surface area contributed by atoms with Crippen LogP contribution in [0.25, 0.3) is 0 Å². The molecule has 0 spiro atoms. The predicted molar refractivity (Wildman–Crippen MR) is 145 cm³/mol. The van der Waals surface area contributed by atoms with Crippen LogP contribution in [0.3, 0.4) is 0 Å². The minimum Gasteiger partial charge on any atom is -0.364 e. The Bertz CT molecular complexity index is 1310. The maximum Gasteiger partial charge on any atom is 0.416 e. The highest BCUT2D eigenvalue weighted by Gasteiger charge is 2.31. The Balaban J connectivity index is 1.33. The van der Waals surface area contributed by atoms with Gasteiger partial charge in [-0.15, -0.1) is 0 Å². The van der Waals surface area contributed by atoms with Gasteiger partial charge in [-0.25, -0.2) is 9.97 Å². The highest BCUT2D eigenvalue weighted by molar-refractivity contribution is 5.97. The van der Waals surface area contributed by atoms with Crippen molar-refractivity contribution in [2.75, 3.05) is 51.2 Å². The molecule has 1 saturated heterocycles. The maximum atomic E-state index is 13.7. The zero-order valence-corrected chi connectivity index (χ0v) is 22.4. The molecule has 1 fully saturated rings. The third kappa shape index (κ3) is 6.65. The van der Waals surface area contributed by atoms with Crippen LogP contribution in [0.5, 0.6) is 0 Å². The van der Waals surface area contributed by atoms with Crippen LogP contribution in [0, 0.1) is 0 Å². The Morgan fingerprint density at radius 1 is 1.00 bits per heavy atom. The first kappa shape index (κ1) is 27.3. The normalized spacial score (nSPS) is 18.7. The molecular weight excluding hydrogens is 503 g/mol. The quantitative estimate of drug-likeness (QED) is 0.403. The van der Waals surface area contributed by atoms with Gasteiger partial charge < -0.3 is 14.7 Å². The smallest absolute Gasteiger partial charge is 0.364 e. The van der Waals surface area contributed by atoms with Gasteiger partial charge in [0.25, 0.3) is 0 Å². The topological polar surface area (TPSA) is 52.6 Å². The van der Waals surface area contributed by atoms with E-state index in [1.54, 1.807) is 24.5 Å². The first-order chi connectivity index (χ1) is 18.7. The summed E-state index contributed by atoms with van der Waals surface area (Å²) in [5, 5.41) is 0. The average Bonchev–Trinajstić information content (AvgIpc) is 2.92. The van der Waals surface area contributed by atoms with E-state index in [0.29, 0.717) is 36.2 Å². The van der Waals surface area contributed by atoms with Gasteiger partial charge in [0.1, 0.15) is 6.33 Å². The number of Topliss-reactive ketones (excluding diaryl/α,β-unsaturated/α-hetero) is 1. The maximum absolute atomic E-state index is 13.7. The van der Waals surface area contributed by atoms with Crippen molar-refractivity contribution in [1.82, 2.24) is 19.8 Å². The minimum absolute atomic E-state index is 0.0734. The van der Waals surface area contributed by atoms with Crippen LogP contribution in [0.15, 0.2) is 55.1 Å². The van der Waals surface area contributed by atoms with Gasteiger partial charge in [0.05, 0.1) is 23.6 Å². The van der Waals surface area contributed by atoms with E-state index in [9.17, 15) is 18.0 Å². The van der Waals surface area contributed by atoms with Gasteiger partial charge in [0.15, 0.2) is 5.78 Å². The molecule has 39 heavy (non-hydrogen) atoms. The number of piperazine rings is 1. The number of carbonyl (C=O) groups is 1. The van der Waals surface area contributed by atoms with E-state index in [1.807, 2.05) is 12.1 Å². The van der Waals surface area contributed by atoms with Crippen LogP contribution in [-0.2, 0) is 25.6 Å². The minimum atomic E-state index is -4.46. The molecule has 3 heterocycles. The third-order valence-electron chi connectivity index (χ3n) is 7.82. The number of benzene rings is 2. The number of halogens is 3. The zero-order chi connectivity index (χ0) is 27.6. The van der Waals surface area contributed by atoms with E-state index in [2.05, 4.69) is 38.6 Å². The fourth-order valence-corrected chi connectivity index (χ4v) is 5.57. The van der Waals surface area contributed by atoms with E-state index in [-0.39, 0.29) is 18.1 Å². The van der Waals surface area contributed by atoms with Crippen molar-refractivity contribution in [2.24, 2.45) is 0 Å². The lowest BCUT2D eigenvalue weighted by atomic mass is 9.88. The SMILES string of the molecule is CC1CN(c2cncnc2)Cc2cc(C(=O)Cc3cc(CCN4CCN(C)CC4)cc(C(F)(F)F)c3)ccc21. The molecule has 0 aliphatic carbocycles. The number of hydrogen-bond acceptors (Lipinski definition) is 6. The molecule has 206 valence electrons. The summed E-state index contributed by atoms with van der Waals surface area (Å²) in [4.78, 5) is 28.3. The van der Waals surface area contributed by atoms with Crippen molar-refractivity contribution in [3.05, 3.63) is 88.5 Å². The van der Waals surface area contributed by atoms with Crippen molar-refractivity contribution in [3.8, 4) is 0 Å². The second kappa shape index (κ2) is 11.4.